The smallest absolute Gasteiger partial charge is 0.341 e. The number of hydrogen-bond acceptors (Lipinski definition) is 5. The number of carbonyl (C=O) groups is 1. The van der Waals surface area contributed by atoms with Crippen molar-refractivity contribution in [1.29, 1.82) is 0 Å². The van der Waals surface area contributed by atoms with Gasteiger partial charge in [0.15, 0.2) is 0 Å². The maximum Gasteiger partial charge on any atom is 0.341 e. The Kier molecular flexibility index (Phi) is 4.82. The highest BCUT2D eigenvalue weighted by atomic mass is 16.5. The zero-order valence-corrected chi connectivity index (χ0v) is 12.3. The molecule has 110 valence electrons. The molecule has 1 saturated heterocycles. The van der Waals surface area contributed by atoms with Crippen LogP contribution in [0.2, 0.25) is 0 Å². The van der Waals surface area contributed by atoms with Crippen LogP contribution in [0.5, 0.6) is 0 Å². The summed E-state index contributed by atoms with van der Waals surface area (Å²) in [6.07, 6.45) is 5.17. The van der Waals surface area contributed by atoms with Gasteiger partial charge in [0.25, 0.3) is 0 Å². The number of ether oxygens (including phenoxy) is 1. The number of rotatable bonds is 5. The Bertz CT molecular complexity index is 476. The zero-order chi connectivity index (χ0) is 14.5. The van der Waals surface area contributed by atoms with Crippen LogP contribution >= 0.6 is 0 Å². The van der Waals surface area contributed by atoms with Gasteiger partial charge in [0, 0.05) is 13.1 Å². The van der Waals surface area contributed by atoms with Crippen molar-refractivity contribution in [2.45, 2.75) is 33.1 Å². The lowest BCUT2D eigenvalue weighted by molar-refractivity contribution is 0.0526. The molecule has 1 aliphatic heterocycles. The quantitative estimate of drug-likeness (QED) is 0.837. The van der Waals surface area contributed by atoms with Crippen molar-refractivity contribution in [3.8, 4) is 0 Å². The number of nitrogen functional groups attached to an aromatic ring is 1. The maximum absolute atomic E-state index is 12.0. The second-order valence-corrected chi connectivity index (χ2v) is 5.25. The van der Waals surface area contributed by atoms with E-state index in [0.717, 1.165) is 19.5 Å². The molecule has 2 N–H and O–H groups in total. The summed E-state index contributed by atoms with van der Waals surface area (Å²) in [5, 5.41) is 0. The second kappa shape index (κ2) is 6.59. The van der Waals surface area contributed by atoms with Crippen molar-refractivity contribution in [2.24, 2.45) is 5.92 Å². The number of anilines is 2. The first-order valence-corrected chi connectivity index (χ1v) is 7.33. The fraction of sp³-hybridized carbons (Fsp3) is 0.600. The van der Waals surface area contributed by atoms with Gasteiger partial charge >= 0.3 is 5.97 Å². The predicted molar refractivity (Wildman–Crippen MR) is 79.8 cm³/mol. The van der Waals surface area contributed by atoms with Crippen molar-refractivity contribution in [2.75, 3.05) is 30.3 Å². The van der Waals surface area contributed by atoms with Crippen LogP contribution in [-0.2, 0) is 4.74 Å². The van der Waals surface area contributed by atoms with Crippen LogP contribution in [0, 0.1) is 5.92 Å². The van der Waals surface area contributed by atoms with E-state index in [1.807, 2.05) is 0 Å². The predicted octanol–water partition coefficient (Wildman–Crippen LogP) is 2.47. The molecule has 0 aliphatic carbocycles. The minimum atomic E-state index is -0.346. The van der Waals surface area contributed by atoms with Crippen molar-refractivity contribution >= 4 is 17.5 Å². The molecule has 0 amide bonds. The summed E-state index contributed by atoms with van der Waals surface area (Å²) in [5.74, 6) is 1.05. The molecule has 1 aromatic rings. The highest BCUT2D eigenvalue weighted by molar-refractivity contribution is 5.95. The van der Waals surface area contributed by atoms with Gasteiger partial charge in [-0.15, -0.1) is 0 Å². The summed E-state index contributed by atoms with van der Waals surface area (Å²) in [6.45, 7) is 6.25. The van der Waals surface area contributed by atoms with Gasteiger partial charge in [-0.25, -0.2) is 9.78 Å². The third-order valence-corrected chi connectivity index (χ3v) is 3.67. The number of nitrogens with two attached hydrogens (primary N) is 1. The fourth-order valence-electron chi connectivity index (χ4n) is 2.75. The van der Waals surface area contributed by atoms with Crippen molar-refractivity contribution in [1.82, 2.24) is 4.98 Å². The molecule has 1 aromatic heterocycles. The third kappa shape index (κ3) is 3.21. The van der Waals surface area contributed by atoms with Crippen molar-refractivity contribution in [3.63, 3.8) is 0 Å². The lowest BCUT2D eigenvalue weighted by Crippen LogP contribution is -2.24. The van der Waals surface area contributed by atoms with Crippen LogP contribution in [0.25, 0.3) is 0 Å². The van der Waals surface area contributed by atoms with E-state index in [2.05, 4.69) is 16.8 Å². The standard InChI is InChI=1S/C15H23N3O2/c1-3-5-11-6-7-18(10-11)14-13(15(19)20-4-2)8-12(16)9-17-14/h8-9,11H,3-7,10,16H2,1-2H3. The normalized spacial score (nSPS) is 18.3. The summed E-state index contributed by atoms with van der Waals surface area (Å²) < 4.78 is 5.10. The van der Waals surface area contributed by atoms with E-state index in [0.29, 0.717) is 29.6 Å². The van der Waals surface area contributed by atoms with Crippen LogP contribution in [0.15, 0.2) is 12.3 Å². The van der Waals surface area contributed by atoms with Gasteiger partial charge in [0.05, 0.1) is 18.5 Å². The Hall–Kier alpha value is -1.78. The van der Waals surface area contributed by atoms with E-state index in [4.69, 9.17) is 10.5 Å². The minimum absolute atomic E-state index is 0.346. The minimum Gasteiger partial charge on any atom is -0.462 e. The van der Waals surface area contributed by atoms with Crippen molar-refractivity contribution in [3.05, 3.63) is 17.8 Å². The van der Waals surface area contributed by atoms with E-state index in [-0.39, 0.29) is 5.97 Å². The summed E-state index contributed by atoms with van der Waals surface area (Å²) in [6, 6.07) is 1.66. The van der Waals surface area contributed by atoms with Crippen LogP contribution in [0.1, 0.15) is 43.5 Å². The van der Waals surface area contributed by atoms with Gasteiger partial charge < -0.3 is 15.4 Å². The molecule has 5 heteroatoms. The molecule has 2 heterocycles. The molecule has 2 rings (SSSR count). The molecule has 0 saturated carbocycles. The zero-order valence-electron chi connectivity index (χ0n) is 12.3. The van der Waals surface area contributed by atoms with E-state index in [1.54, 1.807) is 19.2 Å². The first-order chi connectivity index (χ1) is 9.65. The number of esters is 1. The Morgan fingerprint density at radius 2 is 2.35 bits per heavy atom. The van der Waals surface area contributed by atoms with E-state index < -0.39 is 0 Å². The number of nitrogens with zero attached hydrogens (tertiary/aromatic N) is 2. The number of hydrogen-bond donors (Lipinski definition) is 1. The molecule has 0 spiro atoms. The Balaban J connectivity index is 2.21. The van der Waals surface area contributed by atoms with Crippen molar-refractivity contribution < 1.29 is 9.53 Å². The number of carbonyl (C=O) groups excluding carboxylic acids is 1. The number of pyridine rings is 1. The summed E-state index contributed by atoms with van der Waals surface area (Å²) in [5.41, 5.74) is 6.71. The molecule has 0 radical (unpaired) electrons. The molecular formula is C15H23N3O2. The SMILES string of the molecule is CCCC1CCN(c2ncc(N)cc2C(=O)OCC)C1. The van der Waals surface area contributed by atoms with E-state index in [1.165, 1.54) is 12.8 Å². The van der Waals surface area contributed by atoms with E-state index >= 15 is 0 Å². The molecule has 1 atom stereocenters. The van der Waals surface area contributed by atoms with Crippen LogP contribution in [-0.4, -0.2) is 30.6 Å². The Morgan fingerprint density at radius 1 is 1.55 bits per heavy atom. The number of aromatic nitrogens is 1. The summed E-state index contributed by atoms with van der Waals surface area (Å²) in [7, 11) is 0. The average Bonchev–Trinajstić information content (AvgIpc) is 2.88. The lowest BCUT2D eigenvalue weighted by Gasteiger charge is -2.20. The highest BCUT2D eigenvalue weighted by Gasteiger charge is 2.26. The van der Waals surface area contributed by atoms with Crippen LogP contribution < -0.4 is 10.6 Å². The lowest BCUT2D eigenvalue weighted by atomic mass is 10.0. The van der Waals surface area contributed by atoms with Gasteiger partial charge in [-0.2, -0.15) is 0 Å². The molecule has 0 bridgehead atoms. The molecule has 20 heavy (non-hydrogen) atoms. The fourth-order valence-corrected chi connectivity index (χ4v) is 2.75. The largest absolute Gasteiger partial charge is 0.462 e. The Labute approximate surface area is 120 Å². The van der Waals surface area contributed by atoms with Gasteiger partial charge in [0.2, 0.25) is 0 Å². The van der Waals surface area contributed by atoms with E-state index in [9.17, 15) is 4.79 Å². The molecule has 1 aliphatic rings. The highest BCUT2D eigenvalue weighted by Crippen LogP contribution is 2.28. The summed E-state index contributed by atoms with van der Waals surface area (Å²) in [4.78, 5) is 18.6. The van der Waals surface area contributed by atoms with Crippen LogP contribution in [0.4, 0.5) is 11.5 Å². The monoisotopic (exact) mass is 277 g/mol. The molecule has 1 fully saturated rings. The molecule has 1 unspecified atom stereocenters. The molecule has 0 aromatic carbocycles. The van der Waals surface area contributed by atoms with Gasteiger partial charge in [-0.05, 0) is 31.7 Å². The second-order valence-electron chi connectivity index (χ2n) is 5.25. The maximum atomic E-state index is 12.0. The summed E-state index contributed by atoms with van der Waals surface area (Å²) >= 11 is 0. The Morgan fingerprint density at radius 3 is 3.05 bits per heavy atom. The topological polar surface area (TPSA) is 68.5 Å². The van der Waals surface area contributed by atoms with Crippen LogP contribution in [0.3, 0.4) is 0 Å². The van der Waals surface area contributed by atoms with Gasteiger partial charge in [-0.3, -0.25) is 0 Å². The first-order valence-electron chi connectivity index (χ1n) is 7.33. The molecular weight excluding hydrogens is 254 g/mol. The van der Waals surface area contributed by atoms with Gasteiger partial charge in [-0.1, -0.05) is 13.3 Å². The molecule has 5 nitrogen and oxygen atoms in total. The average molecular weight is 277 g/mol. The third-order valence-electron chi connectivity index (χ3n) is 3.67. The first kappa shape index (κ1) is 14.6. The van der Waals surface area contributed by atoms with Gasteiger partial charge in [0.1, 0.15) is 11.4 Å².